The lowest BCUT2D eigenvalue weighted by molar-refractivity contribution is 0.729. The molecule has 0 aromatic carbocycles. The lowest BCUT2D eigenvalue weighted by atomic mass is 10.6. The van der Waals surface area contributed by atoms with Crippen LogP contribution in [0.5, 0.6) is 0 Å². The van der Waals surface area contributed by atoms with Gasteiger partial charge in [0.2, 0.25) is 5.12 Å². The van der Waals surface area contributed by atoms with Gasteiger partial charge in [-0.1, -0.05) is 11.6 Å². The van der Waals surface area contributed by atoms with Gasteiger partial charge in [-0.15, -0.1) is 0 Å². The zero-order valence-corrected chi connectivity index (χ0v) is 4.68. The third-order valence-corrected chi connectivity index (χ3v) is 0.882. The summed E-state index contributed by atoms with van der Waals surface area (Å²) in [6.07, 6.45) is 3.18. The topological polar surface area (TPSA) is 24.7 Å². The van der Waals surface area contributed by atoms with Gasteiger partial charge in [-0.2, -0.15) is 0 Å². The van der Waals surface area contributed by atoms with Crippen molar-refractivity contribution in [1.29, 1.82) is 0 Å². The predicted molar refractivity (Wildman–Crippen MR) is 31.2 cm³/mol. The van der Waals surface area contributed by atoms with Gasteiger partial charge in [0.25, 0.3) is 0 Å². The third-order valence-electron chi connectivity index (χ3n) is 0.687. The minimum Gasteiger partial charge on any atom is -0.247 e. The molecule has 1 heterocycles. The van der Waals surface area contributed by atoms with Gasteiger partial charge in [-0.25, -0.2) is 9.98 Å². The molecule has 0 N–H and O–H groups in total. The van der Waals surface area contributed by atoms with Gasteiger partial charge in [0, 0.05) is 12.4 Å². The first-order chi connectivity index (χ1) is 3.21. The number of alkyl halides is 1. The third kappa shape index (κ3) is 0.996. The van der Waals surface area contributed by atoms with E-state index in [2.05, 4.69) is 9.98 Å². The molecule has 1 aliphatic rings. The summed E-state index contributed by atoms with van der Waals surface area (Å²) in [4.78, 5) is 7.57. The number of nitrogens with zero attached hydrogens (tertiary/aromatic N) is 2. The molecule has 0 aromatic rings. The maximum absolute atomic E-state index is 5.57. The Morgan fingerprint density at radius 2 is 1.86 bits per heavy atom. The van der Waals surface area contributed by atoms with Gasteiger partial charge in [0.05, 0.1) is 0 Å². The molecule has 0 atom stereocenters. The van der Waals surface area contributed by atoms with Gasteiger partial charge in [0.1, 0.15) is 0 Å². The quantitative estimate of drug-likeness (QED) is 0.334. The Bertz CT molecular complexity index is 112. The first kappa shape index (κ1) is 4.78. The second-order valence-corrected chi connectivity index (χ2v) is 2.18. The van der Waals surface area contributed by atoms with Crippen LogP contribution in [0.1, 0.15) is 6.92 Å². The largest absolute Gasteiger partial charge is 0.247 e. The molecule has 0 spiro atoms. The molecule has 0 fully saturated rings. The molecule has 2 nitrogen and oxygen atoms in total. The van der Waals surface area contributed by atoms with E-state index in [9.17, 15) is 0 Å². The zero-order valence-electron chi connectivity index (χ0n) is 3.93. The fourth-order valence-electron chi connectivity index (χ4n) is 0.372. The minimum atomic E-state index is -0.694. The molecule has 1 rings (SSSR count). The van der Waals surface area contributed by atoms with E-state index in [1.54, 1.807) is 19.4 Å². The molecule has 1 aliphatic heterocycles. The van der Waals surface area contributed by atoms with E-state index in [-0.39, 0.29) is 0 Å². The molecule has 3 heteroatoms. The molecular weight excluding hydrogens is 112 g/mol. The van der Waals surface area contributed by atoms with Crippen molar-refractivity contribution in [2.45, 2.75) is 12.0 Å². The van der Waals surface area contributed by atoms with Gasteiger partial charge >= 0.3 is 0 Å². The first-order valence-electron chi connectivity index (χ1n) is 1.99. The number of hydrogen-bond acceptors (Lipinski definition) is 2. The molecule has 0 saturated carbocycles. The first-order valence-corrected chi connectivity index (χ1v) is 2.36. The highest BCUT2D eigenvalue weighted by molar-refractivity contribution is 6.29. The Hall–Kier alpha value is -0.370. The van der Waals surface area contributed by atoms with Crippen LogP contribution in [0.15, 0.2) is 9.98 Å². The summed E-state index contributed by atoms with van der Waals surface area (Å²) in [6, 6.07) is 0. The number of rotatable bonds is 0. The van der Waals surface area contributed by atoms with Crippen LogP contribution in [0.4, 0.5) is 0 Å². The van der Waals surface area contributed by atoms with Crippen molar-refractivity contribution >= 4 is 24.0 Å². The van der Waals surface area contributed by atoms with Gasteiger partial charge < -0.3 is 0 Å². The number of halogens is 1. The van der Waals surface area contributed by atoms with Crippen LogP contribution in [0.3, 0.4) is 0 Å². The molecule has 0 aromatic heterocycles. The maximum atomic E-state index is 5.57. The highest BCUT2D eigenvalue weighted by atomic mass is 35.5. The second kappa shape index (κ2) is 1.30. The van der Waals surface area contributed by atoms with Crippen molar-refractivity contribution in [2.24, 2.45) is 9.98 Å². The van der Waals surface area contributed by atoms with Crippen molar-refractivity contribution in [3.05, 3.63) is 0 Å². The van der Waals surface area contributed by atoms with Crippen molar-refractivity contribution in [1.82, 2.24) is 0 Å². The van der Waals surface area contributed by atoms with Crippen LogP contribution in [0.25, 0.3) is 0 Å². The summed E-state index contributed by atoms with van der Waals surface area (Å²) in [5.74, 6) is 0. The summed E-state index contributed by atoms with van der Waals surface area (Å²) in [6.45, 7) is 1.73. The van der Waals surface area contributed by atoms with Crippen LogP contribution in [0.2, 0.25) is 0 Å². The molecule has 0 aliphatic carbocycles. The summed E-state index contributed by atoms with van der Waals surface area (Å²) in [7, 11) is 0. The maximum Gasteiger partial charge on any atom is 0.222 e. The standard InChI is InChI=1S/C4H5ClN2/c1-4(5)6-2-3-7-4/h2-3H,1H3. The van der Waals surface area contributed by atoms with Crippen LogP contribution in [0, 0.1) is 0 Å². The SMILES string of the molecule is CC1(Cl)N=CC=N1. The molecule has 0 bridgehead atoms. The number of hydrogen-bond donors (Lipinski definition) is 0. The van der Waals surface area contributed by atoms with Crippen LogP contribution in [-0.2, 0) is 0 Å². The normalized spacial score (nSPS) is 23.7. The Morgan fingerprint density at radius 3 is 2.00 bits per heavy atom. The molecule has 0 amide bonds. The van der Waals surface area contributed by atoms with Crippen LogP contribution < -0.4 is 0 Å². The van der Waals surface area contributed by atoms with E-state index in [1.165, 1.54) is 0 Å². The summed E-state index contributed by atoms with van der Waals surface area (Å²) >= 11 is 5.57. The Kier molecular flexibility index (Phi) is 0.889. The van der Waals surface area contributed by atoms with E-state index in [0.717, 1.165) is 0 Å². The van der Waals surface area contributed by atoms with Crippen LogP contribution in [-0.4, -0.2) is 17.6 Å². The highest BCUT2D eigenvalue weighted by Crippen LogP contribution is 2.18. The van der Waals surface area contributed by atoms with Crippen molar-refractivity contribution in [3.8, 4) is 0 Å². The Labute approximate surface area is 46.9 Å². The smallest absolute Gasteiger partial charge is 0.222 e. The lowest BCUT2D eigenvalue weighted by Crippen LogP contribution is -2.02. The Balaban J connectivity index is 2.77. The monoisotopic (exact) mass is 116 g/mol. The average Bonchev–Trinajstić information content (AvgIpc) is 1.84. The van der Waals surface area contributed by atoms with E-state index < -0.39 is 5.12 Å². The predicted octanol–water partition coefficient (Wildman–Crippen LogP) is 1.05. The average molecular weight is 117 g/mol. The van der Waals surface area contributed by atoms with Gasteiger partial charge in [-0.3, -0.25) is 0 Å². The summed E-state index contributed by atoms with van der Waals surface area (Å²) in [5.41, 5.74) is 0. The van der Waals surface area contributed by atoms with Gasteiger partial charge in [-0.05, 0) is 6.92 Å². The molecule has 0 radical (unpaired) electrons. The molecular formula is C4H5ClN2. The van der Waals surface area contributed by atoms with E-state index in [1.807, 2.05) is 0 Å². The molecule has 0 saturated heterocycles. The molecule has 38 valence electrons. The Morgan fingerprint density at radius 1 is 1.43 bits per heavy atom. The minimum absolute atomic E-state index is 0.694. The summed E-state index contributed by atoms with van der Waals surface area (Å²) in [5, 5.41) is -0.694. The zero-order chi connectivity index (χ0) is 5.33. The van der Waals surface area contributed by atoms with Crippen molar-refractivity contribution in [2.75, 3.05) is 0 Å². The highest BCUT2D eigenvalue weighted by Gasteiger charge is 2.16. The van der Waals surface area contributed by atoms with Crippen LogP contribution >= 0.6 is 11.6 Å². The molecule has 0 unspecified atom stereocenters. The van der Waals surface area contributed by atoms with Crippen molar-refractivity contribution in [3.63, 3.8) is 0 Å². The fraction of sp³-hybridized carbons (Fsp3) is 0.500. The van der Waals surface area contributed by atoms with Crippen molar-refractivity contribution < 1.29 is 0 Å². The van der Waals surface area contributed by atoms with E-state index in [0.29, 0.717) is 0 Å². The second-order valence-electron chi connectivity index (χ2n) is 1.46. The molecule has 7 heavy (non-hydrogen) atoms. The van der Waals surface area contributed by atoms with E-state index in [4.69, 9.17) is 11.6 Å². The van der Waals surface area contributed by atoms with E-state index >= 15 is 0 Å². The van der Waals surface area contributed by atoms with Gasteiger partial charge in [0.15, 0.2) is 0 Å². The lowest BCUT2D eigenvalue weighted by Gasteiger charge is -2.02. The fourth-order valence-corrected chi connectivity index (χ4v) is 0.485. The summed E-state index contributed by atoms with van der Waals surface area (Å²) < 4.78 is 0. The number of aliphatic imine (C=N–C) groups is 2.